The quantitative estimate of drug-likeness (QED) is 0.807. The minimum absolute atomic E-state index is 0.169. The highest BCUT2D eigenvalue weighted by atomic mass is 79.9. The first kappa shape index (κ1) is 16.7. The second kappa shape index (κ2) is 6.53. The molecule has 1 atom stereocenters. The van der Waals surface area contributed by atoms with E-state index in [2.05, 4.69) is 31.2 Å². The molecule has 2 aromatic carbocycles. The molecule has 0 saturated heterocycles. The van der Waals surface area contributed by atoms with Gasteiger partial charge in [-0.2, -0.15) is 0 Å². The van der Waals surface area contributed by atoms with E-state index in [4.69, 9.17) is 4.74 Å². The van der Waals surface area contributed by atoms with Crippen molar-refractivity contribution in [2.45, 2.75) is 19.0 Å². The summed E-state index contributed by atoms with van der Waals surface area (Å²) in [6.45, 7) is 1.92. The molecule has 2 heterocycles. The average Bonchev–Trinajstić information content (AvgIpc) is 3.00. The van der Waals surface area contributed by atoms with Crippen LogP contribution in [0.3, 0.4) is 0 Å². The summed E-state index contributed by atoms with van der Waals surface area (Å²) in [6, 6.07) is 14.7. The largest absolute Gasteiger partial charge is 0.439 e. The maximum atomic E-state index is 12.4. The second-order valence-electron chi connectivity index (χ2n) is 6.17. The molecule has 2 aliphatic rings. The molecule has 0 radical (unpaired) electrons. The topological polar surface area (TPSA) is 63.0 Å². The summed E-state index contributed by atoms with van der Waals surface area (Å²) in [4.78, 5) is 21.4. The number of aliphatic imine (C=N–C) groups is 2. The molecule has 0 aromatic heterocycles. The zero-order valence-electron chi connectivity index (χ0n) is 14.1. The third-order valence-corrected chi connectivity index (χ3v) is 4.94. The highest BCUT2D eigenvalue weighted by Gasteiger charge is 2.38. The van der Waals surface area contributed by atoms with Crippen molar-refractivity contribution in [1.29, 1.82) is 0 Å². The minimum atomic E-state index is -0.653. The predicted molar refractivity (Wildman–Crippen MR) is 106 cm³/mol. The van der Waals surface area contributed by atoms with Crippen molar-refractivity contribution in [1.82, 2.24) is 0 Å². The van der Waals surface area contributed by atoms with Crippen molar-refractivity contribution >= 4 is 39.6 Å². The second-order valence-corrected chi connectivity index (χ2v) is 7.02. The summed E-state index contributed by atoms with van der Waals surface area (Å²) in [5.41, 5.74) is 1.48. The van der Waals surface area contributed by atoms with E-state index < -0.39 is 5.66 Å². The monoisotopic (exact) mass is 409 g/mol. The number of carbonyl (C=O) groups excluding carboxylic acids is 1. The lowest BCUT2D eigenvalue weighted by Crippen LogP contribution is -2.21. The summed E-state index contributed by atoms with van der Waals surface area (Å²) in [5.74, 6) is 1.14. The van der Waals surface area contributed by atoms with Gasteiger partial charge in [0.25, 0.3) is 5.91 Å². The van der Waals surface area contributed by atoms with Crippen molar-refractivity contribution < 1.29 is 9.53 Å². The van der Waals surface area contributed by atoms with E-state index in [1.807, 2.05) is 61.7 Å². The molecule has 2 aliphatic heterocycles. The zero-order chi connectivity index (χ0) is 18.1. The molecular formula is C20H16BrN3O2. The number of ether oxygens (including phenoxy) is 1. The number of dihydropyridines is 1. The number of nitrogens with zero attached hydrogens (tertiary/aromatic N) is 2. The van der Waals surface area contributed by atoms with Gasteiger partial charge >= 0.3 is 0 Å². The number of hydrogen-bond acceptors (Lipinski definition) is 4. The molecule has 5 nitrogen and oxygen atoms in total. The highest BCUT2D eigenvalue weighted by molar-refractivity contribution is 9.10. The van der Waals surface area contributed by atoms with Crippen molar-refractivity contribution in [2.24, 2.45) is 9.98 Å². The SMILES string of the molecule is CC12N=CCC=C1OC(c1ccc(NC(=O)c3ccccc3Br)cc1)=N2. The third-order valence-electron chi connectivity index (χ3n) is 4.25. The van der Waals surface area contributed by atoms with E-state index in [0.717, 1.165) is 22.2 Å². The first-order valence-electron chi connectivity index (χ1n) is 8.23. The molecule has 130 valence electrons. The van der Waals surface area contributed by atoms with Gasteiger partial charge in [0.1, 0.15) is 0 Å². The van der Waals surface area contributed by atoms with E-state index in [1.54, 1.807) is 6.07 Å². The van der Waals surface area contributed by atoms with Crippen LogP contribution in [0.4, 0.5) is 5.69 Å². The number of amides is 1. The number of carbonyl (C=O) groups is 1. The smallest absolute Gasteiger partial charge is 0.256 e. The number of allylic oxidation sites excluding steroid dienone is 1. The summed E-state index contributed by atoms with van der Waals surface area (Å²) in [7, 11) is 0. The van der Waals surface area contributed by atoms with Crippen LogP contribution in [0.25, 0.3) is 0 Å². The van der Waals surface area contributed by atoms with E-state index >= 15 is 0 Å². The van der Waals surface area contributed by atoms with Gasteiger partial charge in [-0.25, -0.2) is 4.99 Å². The minimum Gasteiger partial charge on any atom is -0.439 e. The lowest BCUT2D eigenvalue weighted by molar-refractivity contribution is 0.102. The van der Waals surface area contributed by atoms with E-state index in [-0.39, 0.29) is 5.91 Å². The van der Waals surface area contributed by atoms with Crippen LogP contribution in [0.5, 0.6) is 0 Å². The number of anilines is 1. The number of hydrogen-bond donors (Lipinski definition) is 1. The van der Waals surface area contributed by atoms with Gasteiger partial charge in [-0.1, -0.05) is 12.1 Å². The van der Waals surface area contributed by atoms with Crippen LogP contribution >= 0.6 is 15.9 Å². The van der Waals surface area contributed by atoms with Crippen molar-refractivity contribution in [3.63, 3.8) is 0 Å². The van der Waals surface area contributed by atoms with E-state index in [0.29, 0.717) is 17.1 Å². The van der Waals surface area contributed by atoms with Gasteiger partial charge in [-0.05, 0) is 65.3 Å². The number of benzene rings is 2. The Labute approximate surface area is 159 Å². The third kappa shape index (κ3) is 3.08. The lowest BCUT2D eigenvalue weighted by Gasteiger charge is -2.17. The summed E-state index contributed by atoms with van der Waals surface area (Å²) in [6.07, 6.45) is 4.60. The Morgan fingerprint density at radius 2 is 1.96 bits per heavy atom. The lowest BCUT2D eigenvalue weighted by atomic mass is 10.1. The van der Waals surface area contributed by atoms with Gasteiger partial charge in [0.2, 0.25) is 11.6 Å². The molecule has 4 rings (SSSR count). The predicted octanol–water partition coefficient (Wildman–Crippen LogP) is 4.55. The molecule has 0 spiro atoms. The fourth-order valence-corrected chi connectivity index (χ4v) is 3.32. The molecule has 0 bridgehead atoms. The van der Waals surface area contributed by atoms with Crippen molar-refractivity contribution in [3.8, 4) is 0 Å². The van der Waals surface area contributed by atoms with Crippen LogP contribution in [0.15, 0.2) is 74.8 Å². The maximum Gasteiger partial charge on any atom is 0.256 e. The van der Waals surface area contributed by atoms with Gasteiger partial charge in [-0.3, -0.25) is 9.79 Å². The summed E-state index contributed by atoms with van der Waals surface area (Å²) < 4.78 is 6.62. The average molecular weight is 410 g/mol. The van der Waals surface area contributed by atoms with E-state index in [9.17, 15) is 4.79 Å². The van der Waals surface area contributed by atoms with Crippen LogP contribution < -0.4 is 5.32 Å². The molecule has 0 fully saturated rings. The molecule has 0 saturated carbocycles. The first-order chi connectivity index (χ1) is 12.5. The number of nitrogens with one attached hydrogen (secondary N) is 1. The van der Waals surface area contributed by atoms with Crippen LogP contribution in [-0.4, -0.2) is 23.7 Å². The Hall–Kier alpha value is -2.73. The molecular weight excluding hydrogens is 394 g/mol. The molecule has 26 heavy (non-hydrogen) atoms. The highest BCUT2D eigenvalue weighted by Crippen LogP contribution is 2.34. The Kier molecular flexibility index (Phi) is 4.20. The fourth-order valence-electron chi connectivity index (χ4n) is 2.86. The summed E-state index contributed by atoms with van der Waals surface area (Å²) >= 11 is 3.39. The van der Waals surface area contributed by atoms with Gasteiger partial charge in [0, 0.05) is 28.4 Å². The molecule has 6 heteroatoms. The van der Waals surface area contributed by atoms with Gasteiger partial charge in [0.15, 0.2) is 5.76 Å². The van der Waals surface area contributed by atoms with Gasteiger partial charge in [-0.15, -0.1) is 0 Å². The van der Waals surface area contributed by atoms with E-state index in [1.165, 1.54) is 0 Å². The molecule has 0 aliphatic carbocycles. The maximum absolute atomic E-state index is 12.4. The zero-order valence-corrected chi connectivity index (χ0v) is 15.7. The Morgan fingerprint density at radius 1 is 1.19 bits per heavy atom. The molecule has 1 unspecified atom stereocenters. The van der Waals surface area contributed by atoms with Crippen LogP contribution in [0, 0.1) is 0 Å². The number of halogens is 1. The normalized spacial score (nSPS) is 20.7. The molecule has 1 amide bonds. The van der Waals surface area contributed by atoms with Gasteiger partial charge < -0.3 is 10.1 Å². The molecule has 1 N–H and O–H groups in total. The number of rotatable bonds is 3. The van der Waals surface area contributed by atoms with Crippen LogP contribution in [0.2, 0.25) is 0 Å². The molecule has 2 aromatic rings. The van der Waals surface area contributed by atoms with Crippen molar-refractivity contribution in [3.05, 3.63) is 76.0 Å². The summed E-state index contributed by atoms with van der Waals surface area (Å²) in [5, 5.41) is 2.89. The van der Waals surface area contributed by atoms with Crippen LogP contribution in [0.1, 0.15) is 29.3 Å². The number of fused-ring (bicyclic) bond motifs is 1. The Bertz CT molecular complexity index is 963. The Balaban J connectivity index is 1.51. The van der Waals surface area contributed by atoms with Crippen LogP contribution in [-0.2, 0) is 4.74 Å². The Morgan fingerprint density at radius 3 is 2.69 bits per heavy atom. The van der Waals surface area contributed by atoms with Gasteiger partial charge in [0.05, 0.1) is 5.56 Å². The fraction of sp³-hybridized carbons (Fsp3) is 0.150. The first-order valence-corrected chi connectivity index (χ1v) is 9.03. The van der Waals surface area contributed by atoms with Crippen molar-refractivity contribution in [2.75, 3.05) is 5.32 Å². The standard InChI is InChI=1S/C20H16BrN3O2/c1-20-17(7-4-12-22-20)26-19(24-20)13-8-10-14(11-9-13)23-18(25)15-5-2-3-6-16(15)21/h2-3,5-12H,4H2,1H3,(H,23,25).